The molecule has 43 nitrogen and oxygen atoms in total. The number of carbonyl (C=O) groups is 17. The highest BCUT2D eigenvalue weighted by atomic mass is 32.2. The first-order valence-electron chi connectivity index (χ1n) is 47.5. The molecule has 27 N–H and O–H groups in total. The van der Waals surface area contributed by atoms with Gasteiger partial charge in [-0.3, -0.25) is 92.3 Å². The first-order chi connectivity index (χ1) is 67.7. The molecule has 1 aliphatic rings. The van der Waals surface area contributed by atoms with E-state index >= 15 is 33.6 Å². The Morgan fingerprint density at radius 2 is 0.860 bits per heavy atom. The van der Waals surface area contributed by atoms with Crippen LogP contribution in [-0.4, -0.2) is 268 Å². The summed E-state index contributed by atoms with van der Waals surface area (Å²) < 4.78 is 5.39. The Bertz CT molecular complexity index is 5400. The van der Waals surface area contributed by atoms with Crippen molar-refractivity contribution < 1.29 is 96.5 Å². The average Bonchev–Trinajstić information content (AvgIpc) is 1.77. The predicted octanol–water partition coefficient (Wildman–Crippen LogP) is -0.214. The summed E-state index contributed by atoms with van der Waals surface area (Å²) in [7, 11) is 2.68. The van der Waals surface area contributed by atoms with E-state index in [0.29, 0.717) is 38.9 Å². The minimum absolute atomic E-state index is 0.00735. The van der Waals surface area contributed by atoms with E-state index in [-0.39, 0.29) is 89.1 Å². The third-order valence-electron chi connectivity index (χ3n) is 23.7. The SMILES string of the molecule is COc1ccc(C[C@@H]2NC(=O)[C@H](Cc3ccccc3)NC(=O)CSC[C@@H](C(=O)N[C@@H](C)C(N)=O)NC(=O)[C@H]([C@@H](C)O)NC(=O)[C@H](C(C)C)NC(=O)[C@H](CC(C)C)NC(=O)[C@H](CCCNC(=N)N)NC(=O)[C@@H](CC(C)C)NC(=O)[C@H](C)N(C)C(=O)[C@H](CCCNC(=N)N)NC(=O)[C@H](Cc3ccc(-c4ccccc4)cc3)NC(=O)[C@H](C(C)C)NC(=O)[C@H](Cc3c[nH]c4ccccc34)NC(=O)[C@H](CC(=O)O)NC2=O)cc1. The number of nitrogens with one attached hydrogen (secondary N) is 19. The largest absolute Gasteiger partial charge is 0.497 e. The number of aromatic amines is 1. The molecule has 1 fully saturated rings. The van der Waals surface area contributed by atoms with Gasteiger partial charge in [0.15, 0.2) is 11.9 Å². The highest BCUT2D eigenvalue weighted by Gasteiger charge is 2.42. The maximum absolute atomic E-state index is 15.5. The van der Waals surface area contributed by atoms with Gasteiger partial charge in [-0.15, -0.1) is 11.8 Å². The number of aromatic nitrogens is 1. The average molecular weight is 2000 g/mol. The fraction of sp³-hybridized carbons (Fsp3) is 0.485. The van der Waals surface area contributed by atoms with Crippen molar-refractivity contribution in [2.24, 2.45) is 40.9 Å². The number of aliphatic hydroxyl groups excluding tert-OH is 1. The van der Waals surface area contributed by atoms with Gasteiger partial charge in [0.05, 0.1) is 25.4 Å². The van der Waals surface area contributed by atoms with Crippen LogP contribution in [0, 0.1) is 34.5 Å². The van der Waals surface area contributed by atoms with Crippen molar-refractivity contribution in [3.05, 3.63) is 162 Å². The van der Waals surface area contributed by atoms with Crippen molar-refractivity contribution in [2.75, 3.05) is 38.8 Å². The third kappa shape index (κ3) is 37.3. The number of carbonyl (C=O) groups excluding carboxylic acids is 16. The van der Waals surface area contributed by atoms with Crippen LogP contribution < -0.4 is 107 Å². The number of methoxy groups -OCH3 is 1. The number of ether oxygens (including phenoxy) is 1. The molecular weight excluding hydrogens is 1860 g/mol. The monoisotopic (exact) mass is 2000 g/mol. The number of rotatable bonds is 30. The number of fused-ring (bicyclic) bond motifs is 1. The highest BCUT2D eigenvalue weighted by Crippen LogP contribution is 2.25. The fourth-order valence-electron chi connectivity index (χ4n) is 15.6. The van der Waals surface area contributed by atoms with Crippen LogP contribution in [0.25, 0.3) is 22.0 Å². The van der Waals surface area contributed by atoms with E-state index in [9.17, 15) is 58.2 Å². The molecule has 6 aromatic rings. The number of benzene rings is 5. The number of aliphatic carboxylic acids is 1. The lowest BCUT2D eigenvalue weighted by Crippen LogP contribution is -2.62. The van der Waals surface area contributed by atoms with Gasteiger partial charge in [0.25, 0.3) is 0 Å². The minimum atomic E-state index is -2.06. The highest BCUT2D eigenvalue weighted by molar-refractivity contribution is 8.00. The van der Waals surface area contributed by atoms with Gasteiger partial charge in [0, 0.05) is 68.7 Å². The Balaban J connectivity index is 1.36. The van der Waals surface area contributed by atoms with Gasteiger partial charge >= 0.3 is 5.97 Å². The zero-order valence-electron chi connectivity index (χ0n) is 82.8. The van der Waals surface area contributed by atoms with Crippen molar-refractivity contribution >= 4 is 135 Å². The van der Waals surface area contributed by atoms with Crippen LogP contribution in [0.2, 0.25) is 0 Å². The van der Waals surface area contributed by atoms with Crippen molar-refractivity contribution in [1.29, 1.82) is 10.8 Å². The summed E-state index contributed by atoms with van der Waals surface area (Å²) in [6, 6.07) is 13.5. The molecule has 0 saturated carbocycles. The molecule has 0 bridgehead atoms. The molecule has 0 unspecified atom stereocenters. The smallest absolute Gasteiger partial charge is 0.305 e. The zero-order chi connectivity index (χ0) is 106. The van der Waals surface area contributed by atoms with Crippen molar-refractivity contribution in [3.63, 3.8) is 0 Å². The quantitative estimate of drug-likeness (QED) is 0.0158. The van der Waals surface area contributed by atoms with E-state index in [2.05, 4.69) is 90.1 Å². The number of nitrogens with zero attached hydrogens (tertiary/aromatic N) is 1. The number of carboxylic acids is 1. The molecule has 5 aromatic carbocycles. The van der Waals surface area contributed by atoms with Crippen molar-refractivity contribution in [3.8, 4) is 16.9 Å². The number of para-hydroxylation sites is 1. The summed E-state index contributed by atoms with van der Waals surface area (Å²) in [5, 5.41) is 80.4. The van der Waals surface area contributed by atoms with Crippen LogP contribution in [0.5, 0.6) is 5.75 Å². The number of nitrogens with two attached hydrogens (primary N) is 3. The van der Waals surface area contributed by atoms with Gasteiger partial charge in [0.2, 0.25) is 94.5 Å². The Hall–Kier alpha value is -14.7. The summed E-state index contributed by atoms with van der Waals surface area (Å²) in [6.07, 6.45) is -3.05. The lowest BCUT2D eigenvalue weighted by atomic mass is 9.98. The van der Waals surface area contributed by atoms with E-state index in [1.807, 2.05) is 30.3 Å². The molecule has 0 aliphatic carbocycles. The lowest BCUT2D eigenvalue weighted by Gasteiger charge is -2.32. The first kappa shape index (κ1) is 115. The van der Waals surface area contributed by atoms with E-state index in [4.69, 9.17) is 32.8 Å². The standard InChI is InChI=1S/C99H139N23O20S/c1-52(2)42-70-86(130)110-68(30-22-40-105-98(101)102)85(129)113-71(43-53(3)4)91(135)120-81(55(7)8)95(139)121-82(58(11)123)96(140)118-77(93(137)108-56(9)83(100)127)50-143-51-78(124)109-72(44-59-24-16-14-17-25-59)87(131)114-73(46-61-34-38-65(142-13)39-35-61)89(133)116-76(48-79(125)126)90(134)115-75(47-64-49-107-67-29-21-20-28-66(64)67)92(136)119-80(54(5)6)94(138)117-74(45-60-32-36-63(37-33-60)62-26-18-15-19-27-62)88(132)111-69(31-23-41-106-99(103)104)97(141)122(12)57(10)84(128)112-70/h14-21,24-29,32-39,49,52-58,68-77,80-82,107,123H,22-23,30-31,40-48,50-51H2,1-13H3,(H2,100,127)(H,108,137)(H,109,124)(H,110,130)(H,111,132)(H,112,128)(H,113,129)(H,114,131)(H,115,134)(H,116,133)(H,117,138)(H,118,140)(H,119,136)(H,120,135)(H,121,139)(H,125,126)(H4,101,102,105)(H4,103,104,106)/t56-,57-,58+,68-,69-,70+,71-,72-,73-,74-,75-,76-,77-,80-,81-,82-/m0/s1. The minimum Gasteiger partial charge on any atom is -0.497 e. The van der Waals surface area contributed by atoms with Gasteiger partial charge in [-0.2, -0.15) is 0 Å². The predicted molar refractivity (Wildman–Crippen MR) is 537 cm³/mol. The van der Waals surface area contributed by atoms with E-state index < -0.39 is 239 Å². The van der Waals surface area contributed by atoms with Gasteiger partial charge in [-0.25, -0.2) is 0 Å². The Morgan fingerprint density at radius 1 is 0.462 bits per heavy atom. The fourth-order valence-corrected chi connectivity index (χ4v) is 16.5. The normalized spacial score (nSPS) is 22.9. The molecule has 44 heteroatoms. The van der Waals surface area contributed by atoms with Gasteiger partial charge in [-0.1, -0.05) is 171 Å². The molecule has 143 heavy (non-hydrogen) atoms. The topological polar surface area (TPSA) is 677 Å². The maximum atomic E-state index is 15.5. The molecule has 7 rings (SSSR count). The first-order valence-corrected chi connectivity index (χ1v) is 48.7. The van der Waals surface area contributed by atoms with Crippen LogP contribution in [0.15, 0.2) is 140 Å². The number of carboxylic acid groups (broad SMARTS) is 1. The number of hydrogen-bond donors (Lipinski definition) is 24. The van der Waals surface area contributed by atoms with E-state index in [0.717, 1.165) is 34.7 Å². The zero-order valence-corrected chi connectivity index (χ0v) is 83.6. The van der Waals surface area contributed by atoms with Gasteiger partial charge in [-0.05, 0) is 135 Å². The summed E-state index contributed by atoms with van der Waals surface area (Å²) >= 11 is 0.720. The molecule has 16 atom stereocenters. The number of likely N-dealkylation sites (N-methyl/N-ethyl adjacent to an activating group) is 1. The molecule has 0 spiro atoms. The van der Waals surface area contributed by atoms with Crippen molar-refractivity contribution in [1.82, 2.24) is 95.0 Å². The lowest BCUT2D eigenvalue weighted by molar-refractivity contribution is -0.143. The molecule has 776 valence electrons. The van der Waals surface area contributed by atoms with Crippen LogP contribution >= 0.6 is 11.8 Å². The van der Waals surface area contributed by atoms with E-state index in [1.165, 1.54) is 41.9 Å². The van der Waals surface area contributed by atoms with Gasteiger partial charge in [0.1, 0.15) is 96.4 Å². The Kier molecular flexibility index (Phi) is 45.7. The third-order valence-corrected chi connectivity index (χ3v) is 24.8. The number of thioether (sulfide) groups is 1. The molecule has 0 radical (unpaired) electrons. The maximum Gasteiger partial charge on any atom is 0.305 e. The molecular formula is C99H139N23O20S. The van der Waals surface area contributed by atoms with Crippen LogP contribution in [0.3, 0.4) is 0 Å². The van der Waals surface area contributed by atoms with Crippen LogP contribution in [-0.2, 0) is 107 Å². The molecule has 1 aromatic heterocycles. The number of hydrogen-bond acceptors (Lipinski definition) is 22. The van der Waals surface area contributed by atoms with Gasteiger partial charge < -0.3 is 127 Å². The number of primary amides is 1. The second-order valence-corrected chi connectivity index (χ2v) is 38.1. The summed E-state index contributed by atoms with van der Waals surface area (Å²) in [4.78, 5) is 255. The molecule has 1 aliphatic heterocycles. The molecule has 16 amide bonds. The molecule has 2 heterocycles. The Labute approximate surface area is 835 Å². The molecule has 1 saturated heterocycles. The van der Waals surface area contributed by atoms with Crippen LogP contribution in [0.1, 0.15) is 143 Å². The summed E-state index contributed by atoms with van der Waals surface area (Å²) in [5.74, 6) is -21.6. The number of H-pyrrole nitrogens is 1. The van der Waals surface area contributed by atoms with E-state index in [1.54, 1.807) is 151 Å². The van der Waals surface area contributed by atoms with Crippen molar-refractivity contribution in [2.45, 2.75) is 244 Å². The number of guanidine groups is 2. The second-order valence-electron chi connectivity index (χ2n) is 37.0. The summed E-state index contributed by atoms with van der Waals surface area (Å²) in [5.41, 5.74) is 20.8. The number of amides is 16. The Morgan fingerprint density at radius 3 is 1.37 bits per heavy atom. The number of aliphatic hydroxyl groups is 1. The second kappa shape index (κ2) is 56.7. The van der Waals surface area contributed by atoms with Crippen LogP contribution in [0.4, 0.5) is 0 Å². The summed E-state index contributed by atoms with van der Waals surface area (Å²) in [6.45, 7) is 16.9.